The van der Waals surface area contributed by atoms with E-state index in [4.69, 9.17) is 14.2 Å². The lowest BCUT2D eigenvalue weighted by molar-refractivity contribution is -0.0330. The van der Waals surface area contributed by atoms with Gasteiger partial charge in [0.05, 0.1) is 29.9 Å². The molecule has 0 bridgehead atoms. The number of benzene rings is 1. The van der Waals surface area contributed by atoms with Gasteiger partial charge in [0.1, 0.15) is 6.61 Å². The van der Waals surface area contributed by atoms with Crippen LogP contribution in [-0.2, 0) is 11.3 Å². The van der Waals surface area contributed by atoms with Gasteiger partial charge in [0, 0.05) is 0 Å². The lowest BCUT2D eigenvalue weighted by Crippen LogP contribution is -2.24. The van der Waals surface area contributed by atoms with Gasteiger partial charge in [-0.05, 0) is 60.3 Å². The van der Waals surface area contributed by atoms with Gasteiger partial charge >= 0.3 is 0 Å². The first-order valence-corrected chi connectivity index (χ1v) is 7.52. The molecule has 1 N–H and O–H groups in total. The van der Waals surface area contributed by atoms with Crippen molar-refractivity contribution in [3.63, 3.8) is 0 Å². The van der Waals surface area contributed by atoms with Crippen LogP contribution in [-0.4, -0.2) is 30.5 Å². The predicted octanol–water partition coefficient (Wildman–Crippen LogP) is 3.29. The van der Waals surface area contributed by atoms with Gasteiger partial charge in [-0.15, -0.1) is 0 Å². The molecule has 1 saturated heterocycles. The molecule has 2 rings (SSSR count). The van der Waals surface area contributed by atoms with Crippen LogP contribution in [0, 0.1) is 0 Å². The summed E-state index contributed by atoms with van der Waals surface area (Å²) in [6.07, 6.45) is 2.16. The molecule has 1 aliphatic heterocycles. The van der Waals surface area contributed by atoms with E-state index in [1.807, 2.05) is 6.07 Å². The van der Waals surface area contributed by atoms with Crippen molar-refractivity contribution in [1.29, 1.82) is 0 Å². The minimum absolute atomic E-state index is 0.0326. The molecule has 20 heavy (non-hydrogen) atoms. The second kappa shape index (κ2) is 6.33. The highest BCUT2D eigenvalue weighted by molar-refractivity contribution is 9.10. The van der Waals surface area contributed by atoms with Crippen LogP contribution >= 0.6 is 15.9 Å². The van der Waals surface area contributed by atoms with Crippen LogP contribution in [0.2, 0.25) is 0 Å². The molecule has 1 aromatic rings. The topological polar surface area (TPSA) is 47.9 Å². The molecule has 0 saturated carbocycles. The van der Waals surface area contributed by atoms with Crippen LogP contribution < -0.4 is 9.47 Å². The van der Waals surface area contributed by atoms with Crippen molar-refractivity contribution in [2.24, 2.45) is 0 Å². The Balaban J connectivity index is 2.06. The van der Waals surface area contributed by atoms with Gasteiger partial charge in [0.2, 0.25) is 0 Å². The Bertz CT molecular complexity index is 473. The van der Waals surface area contributed by atoms with Crippen LogP contribution in [0.25, 0.3) is 0 Å². The summed E-state index contributed by atoms with van der Waals surface area (Å²) in [6.45, 7) is 4.66. The van der Waals surface area contributed by atoms with E-state index in [1.54, 1.807) is 13.2 Å². The van der Waals surface area contributed by atoms with Gasteiger partial charge in [-0.1, -0.05) is 0 Å². The van der Waals surface area contributed by atoms with E-state index >= 15 is 0 Å². The molecule has 0 aliphatic carbocycles. The Hall–Kier alpha value is -0.780. The second-order valence-electron chi connectivity index (χ2n) is 5.62. The molecule has 0 spiro atoms. The number of aliphatic hydroxyl groups excluding tert-OH is 1. The van der Waals surface area contributed by atoms with E-state index < -0.39 is 0 Å². The van der Waals surface area contributed by atoms with E-state index in [2.05, 4.69) is 29.8 Å². The third-order valence-electron chi connectivity index (χ3n) is 3.44. The first-order chi connectivity index (χ1) is 9.45. The van der Waals surface area contributed by atoms with Crippen molar-refractivity contribution in [2.45, 2.75) is 45.0 Å². The number of halogens is 1. The van der Waals surface area contributed by atoms with Gasteiger partial charge in [-0.2, -0.15) is 0 Å². The number of hydrogen-bond donors (Lipinski definition) is 1. The summed E-state index contributed by atoms with van der Waals surface area (Å²) in [5.41, 5.74) is 0.718. The van der Waals surface area contributed by atoms with E-state index in [0.717, 1.165) is 22.9 Å². The molecule has 1 unspecified atom stereocenters. The van der Waals surface area contributed by atoms with Crippen molar-refractivity contribution in [3.8, 4) is 11.5 Å². The average molecular weight is 345 g/mol. The van der Waals surface area contributed by atoms with E-state index in [-0.39, 0.29) is 18.3 Å². The SMILES string of the molecule is COc1cc(CO)cc(Br)c1OCC1CCC(C)(C)O1. The maximum absolute atomic E-state index is 9.20. The van der Waals surface area contributed by atoms with Gasteiger partial charge in [0.15, 0.2) is 11.5 Å². The number of rotatable bonds is 5. The molecule has 0 amide bonds. The third-order valence-corrected chi connectivity index (χ3v) is 4.03. The molecule has 1 aromatic carbocycles. The van der Waals surface area contributed by atoms with Gasteiger partial charge < -0.3 is 19.3 Å². The average Bonchev–Trinajstić information content (AvgIpc) is 2.76. The van der Waals surface area contributed by atoms with Crippen LogP contribution in [0.4, 0.5) is 0 Å². The molecule has 1 fully saturated rings. The number of aliphatic hydroxyl groups is 1. The fourth-order valence-corrected chi connectivity index (χ4v) is 2.98. The van der Waals surface area contributed by atoms with Gasteiger partial charge in [0.25, 0.3) is 0 Å². The van der Waals surface area contributed by atoms with Crippen molar-refractivity contribution in [1.82, 2.24) is 0 Å². The third kappa shape index (κ3) is 3.65. The number of ether oxygens (including phenoxy) is 3. The highest BCUT2D eigenvalue weighted by Gasteiger charge is 2.32. The van der Waals surface area contributed by atoms with Crippen molar-refractivity contribution in [3.05, 3.63) is 22.2 Å². The molecule has 1 aliphatic rings. The summed E-state index contributed by atoms with van der Waals surface area (Å²) in [6, 6.07) is 3.61. The van der Waals surface area contributed by atoms with E-state index in [1.165, 1.54) is 0 Å². The summed E-state index contributed by atoms with van der Waals surface area (Å²) in [7, 11) is 1.59. The number of methoxy groups -OCH3 is 1. The van der Waals surface area contributed by atoms with Crippen LogP contribution in [0.1, 0.15) is 32.3 Å². The summed E-state index contributed by atoms with van der Waals surface area (Å²) in [5.74, 6) is 1.26. The van der Waals surface area contributed by atoms with E-state index in [0.29, 0.717) is 18.1 Å². The lowest BCUT2D eigenvalue weighted by Gasteiger charge is -2.20. The fourth-order valence-electron chi connectivity index (χ4n) is 2.38. The maximum Gasteiger partial charge on any atom is 0.175 e. The largest absolute Gasteiger partial charge is 0.493 e. The highest BCUT2D eigenvalue weighted by Crippen LogP contribution is 2.38. The summed E-state index contributed by atoms with van der Waals surface area (Å²) >= 11 is 3.45. The summed E-state index contributed by atoms with van der Waals surface area (Å²) in [5, 5.41) is 9.20. The zero-order chi connectivity index (χ0) is 14.8. The van der Waals surface area contributed by atoms with Crippen molar-refractivity contribution < 1.29 is 19.3 Å². The first-order valence-electron chi connectivity index (χ1n) is 6.73. The predicted molar refractivity (Wildman–Crippen MR) is 80.3 cm³/mol. The zero-order valence-electron chi connectivity index (χ0n) is 12.1. The quantitative estimate of drug-likeness (QED) is 0.890. The van der Waals surface area contributed by atoms with Crippen LogP contribution in [0.3, 0.4) is 0 Å². The highest BCUT2D eigenvalue weighted by atomic mass is 79.9. The molecule has 1 heterocycles. The van der Waals surface area contributed by atoms with Crippen molar-refractivity contribution >= 4 is 15.9 Å². The number of hydrogen-bond acceptors (Lipinski definition) is 4. The Morgan fingerprint density at radius 3 is 2.75 bits per heavy atom. The Labute approximate surface area is 128 Å². The fraction of sp³-hybridized carbons (Fsp3) is 0.600. The monoisotopic (exact) mass is 344 g/mol. The molecule has 112 valence electrons. The lowest BCUT2D eigenvalue weighted by atomic mass is 10.1. The molecule has 0 aromatic heterocycles. The molecule has 0 radical (unpaired) electrons. The Morgan fingerprint density at radius 2 is 2.20 bits per heavy atom. The standard InChI is InChI=1S/C15H21BrO4/c1-15(2)5-4-11(20-15)9-19-14-12(16)6-10(8-17)7-13(14)18-3/h6-7,11,17H,4-5,8-9H2,1-3H3. The molecular formula is C15H21BrO4. The van der Waals surface area contributed by atoms with Crippen molar-refractivity contribution in [2.75, 3.05) is 13.7 Å². The van der Waals surface area contributed by atoms with Crippen LogP contribution in [0.5, 0.6) is 11.5 Å². The Morgan fingerprint density at radius 1 is 1.45 bits per heavy atom. The van der Waals surface area contributed by atoms with Gasteiger partial charge in [-0.3, -0.25) is 0 Å². The molecule has 4 nitrogen and oxygen atoms in total. The normalized spacial score (nSPS) is 20.9. The van der Waals surface area contributed by atoms with E-state index in [9.17, 15) is 5.11 Å². The maximum atomic E-state index is 9.20. The smallest absolute Gasteiger partial charge is 0.175 e. The first kappa shape index (κ1) is 15.6. The zero-order valence-corrected chi connectivity index (χ0v) is 13.7. The molecule has 5 heteroatoms. The Kier molecular flexibility index (Phi) is 4.94. The minimum atomic E-state index is -0.0594. The van der Waals surface area contributed by atoms with Crippen LogP contribution in [0.15, 0.2) is 16.6 Å². The molecule has 1 atom stereocenters. The summed E-state index contributed by atoms with van der Waals surface area (Å²) in [4.78, 5) is 0. The van der Waals surface area contributed by atoms with Gasteiger partial charge in [-0.25, -0.2) is 0 Å². The minimum Gasteiger partial charge on any atom is -0.493 e. The summed E-state index contributed by atoms with van der Waals surface area (Å²) < 4.78 is 17.9. The molecular weight excluding hydrogens is 324 g/mol. The second-order valence-corrected chi connectivity index (χ2v) is 6.47.